The second-order valence-electron chi connectivity index (χ2n) is 12.4. The van der Waals surface area contributed by atoms with Crippen molar-refractivity contribution in [2.24, 2.45) is 0 Å². The summed E-state index contributed by atoms with van der Waals surface area (Å²) in [6, 6.07) is 5.78. The molecule has 10 heteroatoms. The Bertz CT molecular complexity index is 1120. The largest absolute Gasteiger partial charge is 0.744 e. The molecule has 0 radical (unpaired) electrons. The molecule has 0 bridgehead atoms. The molecule has 1 aromatic carbocycles. The Kier molecular flexibility index (Phi) is 22.1. The summed E-state index contributed by atoms with van der Waals surface area (Å²) in [5.74, 6) is -0.110. The van der Waals surface area contributed by atoms with Crippen molar-refractivity contribution < 1.29 is 36.5 Å². The quantitative estimate of drug-likeness (QED) is 0.0473. The van der Waals surface area contributed by atoms with E-state index in [-0.39, 0.29) is 23.3 Å². The number of carbonyl (C=O) groups excluding carboxylic acids is 1. The zero-order valence-electron chi connectivity index (χ0n) is 28.4. The van der Waals surface area contributed by atoms with Gasteiger partial charge >= 0.3 is 5.97 Å². The highest BCUT2D eigenvalue weighted by atomic mass is 32.2. The first-order valence-corrected chi connectivity index (χ1v) is 20.0. The first-order chi connectivity index (χ1) is 22.3. The van der Waals surface area contributed by atoms with E-state index < -0.39 is 10.1 Å². The summed E-state index contributed by atoms with van der Waals surface area (Å²) in [4.78, 5) is 11.8. The van der Waals surface area contributed by atoms with Gasteiger partial charge in [-0.15, -0.1) is 0 Å². The van der Waals surface area contributed by atoms with Crippen molar-refractivity contribution in [3.63, 3.8) is 0 Å². The summed E-state index contributed by atoms with van der Waals surface area (Å²) in [5.41, 5.74) is 3.06. The van der Waals surface area contributed by atoms with Gasteiger partial charge in [-0.3, -0.25) is 4.79 Å². The Morgan fingerprint density at radius 1 is 0.891 bits per heavy atom. The number of esters is 1. The molecule has 1 aliphatic heterocycles. The summed E-state index contributed by atoms with van der Waals surface area (Å²) in [6.45, 7) is 6.02. The van der Waals surface area contributed by atoms with Gasteiger partial charge < -0.3 is 18.8 Å². The van der Waals surface area contributed by atoms with E-state index in [0.29, 0.717) is 19.6 Å². The number of nitrogens with zero attached hydrogens (tertiary/aromatic N) is 1. The maximum atomic E-state index is 12.0. The van der Waals surface area contributed by atoms with E-state index in [0.717, 1.165) is 50.6 Å². The summed E-state index contributed by atoms with van der Waals surface area (Å²) >= 11 is 1.72. The standard InChI is InChI=1S/C29H52NO4S.C7H8O3S/c1-2-3-4-5-6-7-8-9-10-11-12-13-17-20-29-33-25-27(34-29)24-32-28(31)19-16-14-15-18-21-30-22-23-35-26-30;1-6-2-4-7(5-3-6)11(8,9)10/h22-23,26-27,29H,2-21,24-25H2,1H3;2-5H,1H3,(H,8,9,10)/q+1;/p-1/t27-,29-;/m0./s1. The molecule has 0 unspecified atom stereocenters. The molecule has 2 aromatic rings. The van der Waals surface area contributed by atoms with Gasteiger partial charge in [0.1, 0.15) is 29.4 Å². The van der Waals surface area contributed by atoms with Crippen molar-refractivity contribution in [2.75, 3.05) is 13.2 Å². The van der Waals surface area contributed by atoms with Crippen LogP contribution in [-0.2, 0) is 35.7 Å². The van der Waals surface area contributed by atoms with Crippen LogP contribution in [0.1, 0.15) is 134 Å². The monoisotopic (exact) mass is 681 g/mol. The molecule has 0 aliphatic carbocycles. The normalized spacial score (nSPS) is 16.2. The van der Waals surface area contributed by atoms with E-state index in [1.807, 2.05) is 6.92 Å². The van der Waals surface area contributed by atoms with Gasteiger partial charge in [0, 0.05) is 12.8 Å². The molecule has 46 heavy (non-hydrogen) atoms. The lowest BCUT2D eigenvalue weighted by atomic mass is 10.0. The SMILES string of the molecule is CCCCCCCCCCCCCCC[C@H]1OC[C@H](COC(=O)CCCCCC[n+]2ccsc2)O1.Cc1ccc(S(=O)(=O)[O-])cc1. The zero-order valence-corrected chi connectivity index (χ0v) is 30.0. The van der Waals surface area contributed by atoms with Crippen molar-refractivity contribution in [3.05, 3.63) is 46.9 Å². The fourth-order valence-electron chi connectivity index (χ4n) is 5.34. The first-order valence-electron chi connectivity index (χ1n) is 17.6. The third-order valence-electron chi connectivity index (χ3n) is 8.17. The lowest BCUT2D eigenvalue weighted by Gasteiger charge is -2.12. The van der Waals surface area contributed by atoms with Gasteiger partial charge in [-0.05, 0) is 44.7 Å². The van der Waals surface area contributed by atoms with Gasteiger partial charge in [0.2, 0.25) is 5.51 Å². The lowest BCUT2D eigenvalue weighted by molar-refractivity contribution is -0.692. The van der Waals surface area contributed by atoms with E-state index in [2.05, 4.69) is 28.6 Å². The smallest absolute Gasteiger partial charge is 0.305 e. The molecular weight excluding hydrogens is 623 g/mol. The van der Waals surface area contributed by atoms with Crippen LogP contribution in [0.15, 0.2) is 46.2 Å². The maximum absolute atomic E-state index is 12.0. The number of thiazole rings is 1. The molecule has 0 N–H and O–H groups in total. The van der Waals surface area contributed by atoms with Crippen molar-refractivity contribution in [3.8, 4) is 0 Å². The molecule has 2 atom stereocenters. The van der Waals surface area contributed by atoms with Gasteiger partial charge in [0.05, 0.1) is 16.9 Å². The Labute approximate surface area is 283 Å². The van der Waals surface area contributed by atoms with Crippen molar-refractivity contribution in [1.29, 1.82) is 0 Å². The number of aryl methyl sites for hydroxylation is 2. The lowest BCUT2D eigenvalue weighted by Crippen LogP contribution is -2.29. The van der Waals surface area contributed by atoms with Crippen LogP contribution in [0.3, 0.4) is 0 Å². The molecule has 0 spiro atoms. The number of benzene rings is 1. The molecule has 3 rings (SSSR count). The molecular formula is C36H59NO7S2. The van der Waals surface area contributed by atoms with Crippen LogP contribution in [0, 0.1) is 6.92 Å². The van der Waals surface area contributed by atoms with E-state index in [9.17, 15) is 17.8 Å². The molecule has 1 saturated heterocycles. The minimum Gasteiger partial charge on any atom is -0.744 e. The average Bonchev–Trinajstić information content (AvgIpc) is 3.73. The Hall–Kier alpha value is -1.85. The van der Waals surface area contributed by atoms with Gasteiger partial charge in [-0.25, -0.2) is 8.42 Å². The minimum atomic E-state index is -4.27. The average molecular weight is 682 g/mol. The highest BCUT2D eigenvalue weighted by Crippen LogP contribution is 2.19. The fourth-order valence-corrected chi connectivity index (χ4v) is 6.44. The number of unbranched alkanes of at least 4 members (excludes halogenated alkanes) is 15. The topological polar surface area (TPSA) is 106 Å². The number of rotatable bonds is 24. The maximum Gasteiger partial charge on any atom is 0.305 e. The number of aromatic nitrogens is 1. The van der Waals surface area contributed by atoms with Crippen molar-refractivity contribution in [2.45, 2.75) is 160 Å². The van der Waals surface area contributed by atoms with Crippen LogP contribution < -0.4 is 4.57 Å². The summed E-state index contributed by atoms with van der Waals surface area (Å²) in [5, 5.41) is 2.09. The van der Waals surface area contributed by atoms with E-state index in [1.165, 1.54) is 89.2 Å². The molecule has 8 nitrogen and oxygen atoms in total. The molecule has 0 amide bonds. The van der Waals surface area contributed by atoms with Crippen LogP contribution >= 0.6 is 11.3 Å². The Balaban J connectivity index is 0.000000562. The molecule has 2 heterocycles. The van der Waals surface area contributed by atoms with Gasteiger partial charge in [0.15, 0.2) is 12.5 Å². The molecule has 1 aromatic heterocycles. The zero-order chi connectivity index (χ0) is 33.3. The van der Waals surface area contributed by atoms with Gasteiger partial charge in [-0.1, -0.05) is 119 Å². The van der Waals surface area contributed by atoms with Crippen LogP contribution in [0.25, 0.3) is 0 Å². The Morgan fingerprint density at radius 3 is 2.07 bits per heavy atom. The molecule has 1 fully saturated rings. The van der Waals surface area contributed by atoms with E-state index in [1.54, 1.807) is 23.5 Å². The molecule has 262 valence electrons. The van der Waals surface area contributed by atoms with Crippen LogP contribution in [0.5, 0.6) is 0 Å². The third-order valence-corrected chi connectivity index (χ3v) is 9.69. The Morgan fingerprint density at radius 2 is 1.48 bits per heavy atom. The van der Waals surface area contributed by atoms with Crippen LogP contribution in [-0.4, -0.2) is 44.5 Å². The molecule has 0 saturated carbocycles. The fraction of sp³-hybridized carbons (Fsp3) is 0.722. The predicted molar refractivity (Wildman–Crippen MR) is 183 cm³/mol. The van der Waals surface area contributed by atoms with E-state index >= 15 is 0 Å². The highest BCUT2D eigenvalue weighted by Gasteiger charge is 2.26. The van der Waals surface area contributed by atoms with Crippen LogP contribution in [0.4, 0.5) is 0 Å². The van der Waals surface area contributed by atoms with Crippen molar-refractivity contribution in [1.82, 2.24) is 0 Å². The predicted octanol–water partition coefficient (Wildman–Crippen LogP) is 8.65. The summed E-state index contributed by atoms with van der Waals surface area (Å²) in [7, 11) is -4.27. The highest BCUT2D eigenvalue weighted by molar-refractivity contribution is 7.85. The first kappa shape index (κ1) is 40.3. The van der Waals surface area contributed by atoms with Gasteiger partial charge in [-0.2, -0.15) is 4.57 Å². The second-order valence-corrected chi connectivity index (χ2v) is 14.6. The molecule has 1 aliphatic rings. The van der Waals surface area contributed by atoms with Gasteiger partial charge in [0.25, 0.3) is 0 Å². The van der Waals surface area contributed by atoms with Crippen molar-refractivity contribution >= 4 is 27.4 Å². The third kappa shape index (κ3) is 20.4. The summed E-state index contributed by atoms with van der Waals surface area (Å²) in [6.07, 6.45) is 25.3. The second kappa shape index (κ2) is 25.2. The van der Waals surface area contributed by atoms with Crippen LogP contribution in [0.2, 0.25) is 0 Å². The number of ether oxygens (including phenoxy) is 3. The number of hydrogen-bond donors (Lipinski definition) is 0. The van der Waals surface area contributed by atoms with E-state index in [4.69, 9.17) is 14.2 Å². The summed E-state index contributed by atoms with van der Waals surface area (Å²) < 4.78 is 50.5. The minimum absolute atomic E-state index is 0.103. The number of carbonyl (C=O) groups is 1. The number of hydrogen-bond acceptors (Lipinski definition) is 8.